The molecule has 0 fully saturated rings. The fourth-order valence-corrected chi connectivity index (χ4v) is 2.19. The van der Waals surface area contributed by atoms with Gasteiger partial charge in [-0.25, -0.2) is 0 Å². The second-order valence-corrected chi connectivity index (χ2v) is 5.36. The van der Waals surface area contributed by atoms with Crippen molar-refractivity contribution in [2.24, 2.45) is 0 Å². The minimum Gasteiger partial charge on any atom is -0.493 e. The number of amides is 1. The summed E-state index contributed by atoms with van der Waals surface area (Å²) in [6.45, 7) is 8.87. The number of carbonyl (C=O) groups is 1. The summed E-state index contributed by atoms with van der Waals surface area (Å²) in [6.07, 6.45) is 1.65. The summed E-state index contributed by atoms with van der Waals surface area (Å²) in [6, 6.07) is 13.2. The summed E-state index contributed by atoms with van der Waals surface area (Å²) < 4.78 is 11.5. The lowest BCUT2D eigenvalue weighted by atomic mass is 10.1. The Balaban J connectivity index is 2.16. The molecule has 2 aromatic rings. The monoisotopic (exact) mass is 325 g/mol. The van der Waals surface area contributed by atoms with Crippen LogP contribution in [0.15, 0.2) is 55.1 Å². The van der Waals surface area contributed by atoms with E-state index in [1.165, 1.54) is 5.56 Å². The van der Waals surface area contributed by atoms with E-state index in [2.05, 4.69) is 11.9 Å². The Labute approximate surface area is 143 Å². The number of benzene rings is 2. The highest BCUT2D eigenvalue weighted by molar-refractivity contribution is 5.94. The summed E-state index contributed by atoms with van der Waals surface area (Å²) in [7, 11) is 0. The predicted molar refractivity (Wildman–Crippen MR) is 95.7 cm³/mol. The van der Waals surface area contributed by atoms with Crippen LogP contribution in [-0.4, -0.2) is 19.1 Å². The molecule has 0 aliphatic heterocycles. The number of hydrogen-bond acceptors (Lipinski definition) is 3. The van der Waals surface area contributed by atoms with Crippen molar-refractivity contribution in [3.8, 4) is 11.5 Å². The van der Waals surface area contributed by atoms with Crippen LogP contribution >= 0.6 is 0 Å². The standard InChI is InChI=1S/C20H23NO3/c1-4-12-21-20(22)16-8-11-19(23-5-2)17(13-16)14-24-18-9-6-15(3)7-10-18/h4,6-11,13H,1,5,12,14H2,2-3H3,(H,21,22). The van der Waals surface area contributed by atoms with Crippen LogP contribution in [0, 0.1) is 6.92 Å². The number of aryl methyl sites for hydroxylation is 1. The van der Waals surface area contributed by atoms with Gasteiger partial charge in [0.1, 0.15) is 18.1 Å². The molecule has 24 heavy (non-hydrogen) atoms. The maximum Gasteiger partial charge on any atom is 0.251 e. The summed E-state index contributed by atoms with van der Waals surface area (Å²) in [5.74, 6) is 1.36. The van der Waals surface area contributed by atoms with Crippen LogP contribution in [0.25, 0.3) is 0 Å². The fraction of sp³-hybridized carbons (Fsp3) is 0.250. The van der Waals surface area contributed by atoms with Gasteiger partial charge in [0, 0.05) is 17.7 Å². The molecule has 4 nitrogen and oxygen atoms in total. The fourth-order valence-electron chi connectivity index (χ4n) is 2.19. The van der Waals surface area contributed by atoms with Crippen molar-refractivity contribution in [3.05, 3.63) is 71.8 Å². The van der Waals surface area contributed by atoms with Gasteiger partial charge in [0.05, 0.1) is 6.61 Å². The van der Waals surface area contributed by atoms with Gasteiger partial charge < -0.3 is 14.8 Å². The highest BCUT2D eigenvalue weighted by atomic mass is 16.5. The molecule has 0 atom stereocenters. The molecule has 1 amide bonds. The Morgan fingerprint density at radius 2 is 1.92 bits per heavy atom. The smallest absolute Gasteiger partial charge is 0.251 e. The third kappa shape index (κ3) is 4.88. The molecule has 0 aromatic heterocycles. The molecule has 0 unspecified atom stereocenters. The molecule has 0 aliphatic rings. The first-order valence-electron chi connectivity index (χ1n) is 7.98. The van der Waals surface area contributed by atoms with Gasteiger partial charge in [-0.2, -0.15) is 0 Å². The molecule has 2 rings (SSSR count). The SMILES string of the molecule is C=CCNC(=O)c1ccc(OCC)c(COc2ccc(C)cc2)c1. The van der Waals surface area contributed by atoms with Gasteiger partial charge in [0.15, 0.2) is 0 Å². The summed E-state index contributed by atoms with van der Waals surface area (Å²) in [4.78, 5) is 12.1. The van der Waals surface area contributed by atoms with E-state index >= 15 is 0 Å². The van der Waals surface area contributed by atoms with Crippen molar-refractivity contribution >= 4 is 5.91 Å². The average Bonchev–Trinajstić information content (AvgIpc) is 2.60. The minimum atomic E-state index is -0.144. The van der Waals surface area contributed by atoms with Crippen molar-refractivity contribution in [3.63, 3.8) is 0 Å². The molecule has 0 aliphatic carbocycles. The summed E-state index contributed by atoms with van der Waals surface area (Å²) in [5, 5.41) is 2.77. The van der Waals surface area contributed by atoms with Crippen LogP contribution < -0.4 is 14.8 Å². The molecular weight excluding hydrogens is 302 g/mol. The van der Waals surface area contributed by atoms with Gasteiger partial charge in [0.25, 0.3) is 5.91 Å². The largest absolute Gasteiger partial charge is 0.493 e. The van der Waals surface area contributed by atoms with Crippen molar-refractivity contribution < 1.29 is 14.3 Å². The molecule has 0 radical (unpaired) electrons. The molecule has 126 valence electrons. The van der Waals surface area contributed by atoms with Gasteiger partial charge in [-0.15, -0.1) is 6.58 Å². The second kappa shape index (κ2) is 8.77. The minimum absolute atomic E-state index is 0.144. The van der Waals surface area contributed by atoms with E-state index in [4.69, 9.17) is 9.47 Å². The number of nitrogens with one attached hydrogen (secondary N) is 1. The molecule has 0 saturated carbocycles. The van der Waals surface area contributed by atoms with Crippen LogP contribution in [-0.2, 0) is 6.61 Å². The van der Waals surface area contributed by atoms with Crippen LogP contribution in [0.5, 0.6) is 11.5 Å². The van der Waals surface area contributed by atoms with Crippen molar-refractivity contribution in [1.29, 1.82) is 0 Å². The molecule has 0 bridgehead atoms. The Morgan fingerprint density at radius 1 is 1.17 bits per heavy atom. The van der Waals surface area contributed by atoms with Crippen molar-refractivity contribution in [1.82, 2.24) is 5.32 Å². The highest BCUT2D eigenvalue weighted by Crippen LogP contribution is 2.23. The quantitative estimate of drug-likeness (QED) is 0.749. The van der Waals surface area contributed by atoms with Gasteiger partial charge in [-0.1, -0.05) is 23.8 Å². The Bertz CT molecular complexity index is 693. The molecule has 2 aromatic carbocycles. The Morgan fingerprint density at radius 3 is 2.58 bits per heavy atom. The average molecular weight is 325 g/mol. The van der Waals surface area contributed by atoms with Crippen molar-refractivity contribution in [2.75, 3.05) is 13.2 Å². The molecule has 0 saturated heterocycles. The molecule has 0 heterocycles. The lowest BCUT2D eigenvalue weighted by Crippen LogP contribution is -2.23. The zero-order chi connectivity index (χ0) is 17.4. The maximum atomic E-state index is 12.1. The Kier molecular flexibility index (Phi) is 6.43. The number of rotatable bonds is 8. The number of carbonyl (C=O) groups excluding carboxylic acids is 1. The third-order valence-electron chi connectivity index (χ3n) is 3.44. The first-order chi connectivity index (χ1) is 11.6. The van der Waals surface area contributed by atoms with E-state index in [1.54, 1.807) is 24.3 Å². The van der Waals surface area contributed by atoms with Crippen LogP contribution in [0.1, 0.15) is 28.4 Å². The first-order valence-corrected chi connectivity index (χ1v) is 7.98. The van der Waals surface area contributed by atoms with Crippen LogP contribution in [0.2, 0.25) is 0 Å². The van der Waals surface area contributed by atoms with Gasteiger partial charge in [-0.05, 0) is 44.2 Å². The van der Waals surface area contributed by atoms with E-state index in [1.807, 2.05) is 38.1 Å². The Hall–Kier alpha value is -2.75. The van der Waals surface area contributed by atoms with Gasteiger partial charge >= 0.3 is 0 Å². The summed E-state index contributed by atoms with van der Waals surface area (Å²) >= 11 is 0. The zero-order valence-electron chi connectivity index (χ0n) is 14.2. The number of ether oxygens (including phenoxy) is 2. The predicted octanol–water partition coefficient (Wildman–Crippen LogP) is 3.89. The van der Waals surface area contributed by atoms with Crippen LogP contribution in [0.3, 0.4) is 0 Å². The summed E-state index contributed by atoms with van der Waals surface area (Å²) in [5.41, 5.74) is 2.59. The third-order valence-corrected chi connectivity index (χ3v) is 3.44. The zero-order valence-corrected chi connectivity index (χ0v) is 14.2. The normalized spacial score (nSPS) is 10.1. The van der Waals surface area contributed by atoms with E-state index in [-0.39, 0.29) is 5.91 Å². The van der Waals surface area contributed by atoms with E-state index in [0.29, 0.717) is 25.3 Å². The number of hydrogen-bond donors (Lipinski definition) is 1. The lowest BCUT2D eigenvalue weighted by molar-refractivity contribution is 0.0958. The van der Waals surface area contributed by atoms with E-state index < -0.39 is 0 Å². The van der Waals surface area contributed by atoms with Crippen molar-refractivity contribution in [2.45, 2.75) is 20.5 Å². The topological polar surface area (TPSA) is 47.6 Å². The van der Waals surface area contributed by atoms with Gasteiger partial charge in [-0.3, -0.25) is 4.79 Å². The highest BCUT2D eigenvalue weighted by Gasteiger charge is 2.11. The van der Waals surface area contributed by atoms with E-state index in [0.717, 1.165) is 17.1 Å². The molecular formula is C20H23NO3. The molecule has 1 N–H and O–H groups in total. The first kappa shape index (κ1) is 17.6. The molecule has 0 spiro atoms. The molecule has 4 heteroatoms. The van der Waals surface area contributed by atoms with Gasteiger partial charge in [0.2, 0.25) is 0 Å². The van der Waals surface area contributed by atoms with Crippen LogP contribution in [0.4, 0.5) is 0 Å². The lowest BCUT2D eigenvalue weighted by Gasteiger charge is -2.13. The van der Waals surface area contributed by atoms with E-state index in [9.17, 15) is 4.79 Å². The maximum absolute atomic E-state index is 12.1. The second-order valence-electron chi connectivity index (χ2n) is 5.36.